The molecule has 0 atom stereocenters. The molecule has 13 aromatic rings. The Kier molecular flexibility index (Phi) is 21.3. The second-order valence-electron chi connectivity index (χ2n) is 26.2. The fourth-order valence-corrected chi connectivity index (χ4v) is 21.2. The summed E-state index contributed by atoms with van der Waals surface area (Å²) in [4.78, 5) is 77.0. The molecule has 14 nitrogen and oxygen atoms in total. The number of carbonyl (C=O) groups is 4. The van der Waals surface area contributed by atoms with Crippen molar-refractivity contribution >= 4 is 172 Å². The van der Waals surface area contributed by atoms with Gasteiger partial charge in [0.05, 0.1) is 53.2 Å². The Bertz CT molecular complexity index is 5100. The molecule has 0 saturated carbocycles. The predicted octanol–water partition coefficient (Wildman–Crippen LogP) is 20.6. The Labute approximate surface area is 624 Å². The van der Waals surface area contributed by atoms with E-state index in [0.717, 1.165) is 144 Å². The summed E-state index contributed by atoms with van der Waals surface area (Å²) in [6.45, 7) is 17.7. The summed E-state index contributed by atoms with van der Waals surface area (Å²) >= 11 is 23.6. The van der Waals surface area contributed by atoms with Gasteiger partial charge in [-0.2, -0.15) is 0 Å². The van der Waals surface area contributed by atoms with Crippen LogP contribution in [-0.2, 0) is 61.5 Å². The SMILES string of the molecule is CC(C)(C)C(=O)Nc1sc2c(c1-c1nc3ccccc3s1)CCN(Cc1ccccc1)C2.COC(=O)c1ccc(C(=O)Nc2sc3c(c2-c2nc4ccccc4s2)CCN(C(C)C)C3)cc1.O=C(Nc1sc2c(c1-c1nc3ccccc3s1)CCN(Cc1ccccc1)C2)c1cc(Cl)sc1Cl. The number of amides is 3. The minimum atomic E-state index is -0.450. The van der Waals surface area contributed by atoms with Gasteiger partial charge in [-0.25, -0.2) is 19.7 Å². The minimum absolute atomic E-state index is 0.0413. The van der Waals surface area contributed by atoms with E-state index in [9.17, 15) is 19.2 Å². The highest BCUT2D eigenvalue weighted by atomic mass is 35.5. The van der Waals surface area contributed by atoms with Crippen molar-refractivity contribution in [1.82, 2.24) is 29.7 Å². The maximum Gasteiger partial charge on any atom is 0.337 e. The topological polar surface area (TPSA) is 162 Å². The van der Waals surface area contributed by atoms with Gasteiger partial charge >= 0.3 is 5.97 Å². The molecule has 7 aromatic heterocycles. The van der Waals surface area contributed by atoms with Crippen LogP contribution in [0.5, 0.6) is 0 Å². The highest BCUT2D eigenvalue weighted by molar-refractivity contribution is 7.24. The number of anilines is 3. The first-order valence-electron chi connectivity index (χ1n) is 33.2. The highest BCUT2D eigenvalue weighted by Crippen LogP contribution is 2.50. The van der Waals surface area contributed by atoms with Crippen molar-refractivity contribution in [2.45, 2.75) is 92.6 Å². The zero-order valence-electron chi connectivity index (χ0n) is 56.3. The lowest BCUT2D eigenvalue weighted by Crippen LogP contribution is -2.35. The van der Waals surface area contributed by atoms with Crippen LogP contribution < -0.4 is 16.0 Å². The van der Waals surface area contributed by atoms with Gasteiger partial charge in [0.15, 0.2) is 0 Å². The largest absolute Gasteiger partial charge is 0.465 e. The number of para-hydroxylation sites is 3. The molecule has 101 heavy (non-hydrogen) atoms. The number of rotatable bonds is 14. The molecule has 514 valence electrons. The van der Waals surface area contributed by atoms with Crippen LogP contribution in [-0.4, -0.2) is 86.1 Å². The summed E-state index contributed by atoms with van der Waals surface area (Å²) in [6.07, 6.45) is 2.80. The van der Waals surface area contributed by atoms with Crippen LogP contribution in [0.1, 0.15) is 108 Å². The van der Waals surface area contributed by atoms with Crippen molar-refractivity contribution < 1.29 is 23.9 Å². The molecule has 0 aliphatic carbocycles. The maximum absolute atomic E-state index is 13.2. The Morgan fingerprint density at radius 2 is 0.901 bits per heavy atom. The van der Waals surface area contributed by atoms with Gasteiger partial charge in [0.1, 0.15) is 34.4 Å². The molecule has 6 aromatic carbocycles. The standard InChI is InChI=1S/C26H19Cl2N3OS3.C26H25N3O3S2.C26H27N3OS2/c27-21-12-17(23(28)35-21)24(32)30-26-22(25-29-18-8-4-5-9-19(18)33-25)16-10-11-31(14-20(16)34-26)13-15-6-2-1-3-7-15;1-15(2)29-13-12-18-21(14-29)34-25(22(18)24-27-19-6-4-5-7-20(19)33-24)28-23(30)16-8-10-17(11-9-16)26(31)32-3;1-26(2,3)25(30)28-24-22(23-27-19-11-7-8-12-20(19)31-23)18-13-14-29(16-21(18)32-24)15-17-9-5-4-6-10-17/h1-9,12H,10-11,13-14H2,(H,30,32);4-11,15H,12-14H2,1-3H3,(H,28,30);4-12H,13-16H2,1-3H3,(H,28,30). The zero-order valence-corrected chi connectivity index (χ0v) is 63.5. The highest BCUT2D eigenvalue weighted by Gasteiger charge is 2.33. The van der Waals surface area contributed by atoms with Gasteiger partial charge in [0, 0.05) is 101 Å². The number of thiophene rings is 4. The summed E-state index contributed by atoms with van der Waals surface area (Å²) in [5.74, 6) is -0.844. The number of nitrogens with zero attached hydrogens (tertiary/aromatic N) is 6. The van der Waals surface area contributed by atoms with Gasteiger partial charge in [0.2, 0.25) is 5.91 Å². The first kappa shape index (κ1) is 70.2. The molecule has 3 aliphatic rings. The molecule has 0 bridgehead atoms. The van der Waals surface area contributed by atoms with E-state index >= 15 is 0 Å². The van der Waals surface area contributed by atoms with Crippen molar-refractivity contribution in [2.24, 2.45) is 5.41 Å². The number of hydrogen-bond donors (Lipinski definition) is 3. The first-order valence-corrected chi connectivity index (χ1v) is 39.7. The Morgan fingerprint density at radius 3 is 1.32 bits per heavy atom. The van der Waals surface area contributed by atoms with Gasteiger partial charge in [-0.1, -0.05) is 141 Å². The number of methoxy groups -OCH3 is 1. The second-order valence-corrected chi connectivity index (χ2v) is 34.9. The third-order valence-corrected chi connectivity index (χ3v) is 26.0. The fourth-order valence-electron chi connectivity index (χ4n) is 12.6. The maximum atomic E-state index is 13.2. The number of halogens is 2. The number of aromatic nitrogens is 3. The van der Waals surface area contributed by atoms with Crippen molar-refractivity contribution in [1.29, 1.82) is 0 Å². The number of fused-ring (bicyclic) bond motifs is 6. The molecule has 0 fully saturated rings. The number of benzene rings is 6. The van der Waals surface area contributed by atoms with Gasteiger partial charge in [-0.15, -0.1) is 79.4 Å². The summed E-state index contributed by atoms with van der Waals surface area (Å²) in [6, 6.07) is 54.3. The van der Waals surface area contributed by atoms with Crippen LogP contribution in [0.3, 0.4) is 0 Å². The number of hydrogen-bond acceptors (Lipinski definition) is 18. The molecule has 0 unspecified atom stereocenters. The van der Waals surface area contributed by atoms with E-state index in [2.05, 4.69) is 129 Å². The van der Waals surface area contributed by atoms with Gasteiger partial charge in [-0.05, 0) is 128 Å². The number of nitrogens with one attached hydrogen (secondary N) is 3. The Morgan fingerprint density at radius 1 is 0.495 bits per heavy atom. The van der Waals surface area contributed by atoms with Crippen molar-refractivity contribution in [3.63, 3.8) is 0 Å². The third kappa shape index (κ3) is 15.7. The number of esters is 1. The van der Waals surface area contributed by atoms with Gasteiger partial charge in [-0.3, -0.25) is 29.1 Å². The van der Waals surface area contributed by atoms with E-state index < -0.39 is 11.4 Å². The molecule has 16 rings (SSSR count). The van der Waals surface area contributed by atoms with Crippen molar-refractivity contribution in [2.75, 3.05) is 42.7 Å². The van der Waals surface area contributed by atoms with Crippen molar-refractivity contribution in [3.05, 3.63) is 232 Å². The molecule has 0 radical (unpaired) electrons. The van der Waals surface area contributed by atoms with E-state index in [1.54, 1.807) is 98.4 Å². The van der Waals surface area contributed by atoms with Crippen LogP contribution in [0.15, 0.2) is 164 Å². The predicted molar refractivity (Wildman–Crippen MR) is 423 cm³/mol. The van der Waals surface area contributed by atoms with E-state index in [1.807, 2.05) is 69.3 Å². The van der Waals surface area contributed by atoms with Crippen LogP contribution >= 0.6 is 103 Å². The van der Waals surface area contributed by atoms with Crippen LogP contribution in [0, 0.1) is 5.41 Å². The Hall–Kier alpha value is -7.87. The number of ether oxygens (including phenoxy) is 1. The molecule has 3 N–H and O–H groups in total. The molecular formula is C78H71Cl2N9O5S7. The summed E-state index contributed by atoms with van der Waals surface area (Å²) < 4.78 is 9.08. The van der Waals surface area contributed by atoms with E-state index in [-0.39, 0.29) is 17.7 Å². The average Bonchev–Trinajstić information content (AvgIpc) is 1.63. The molecule has 0 spiro atoms. The smallest absolute Gasteiger partial charge is 0.337 e. The quantitative estimate of drug-likeness (QED) is 0.0889. The number of carbonyl (C=O) groups excluding carboxylic acids is 4. The molecule has 0 saturated heterocycles. The van der Waals surface area contributed by atoms with Gasteiger partial charge < -0.3 is 20.7 Å². The molecule has 3 amide bonds. The average molecular weight is 1510 g/mol. The van der Waals surface area contributed by atoms with E-state index in [0.29, 0.717) is 31.4 Å². The Balaban J connectivity index is 0.000000129. The fraction of sp³-hybridized carbons (Fsp3) is 0.244. The lowest BCUT2D eigenvalue weighted by atomic mass is 9.95. The van der Waals surface area contributed by atoms with E-state index in [1.165, 1.54) is 65.6 Å². The first-order chi connectivity index (χ1) is 48.9. The molecule has 10 heterocycles. The molecule has 3 aliphatic heterocycles. The van der Waals surface area contributed by atoms with Crippen molar-refractivity contribution in [3.8, 4) is 31.7 Å². The normalized spacial score (nSPS) is 14.0. The number of thiazole rings is 3. The summed E-state index contributed by atoms with van der Waals surface area (Å²) in [5, 5.41) is 15.0. The minimum Gasteiger partial charge on any atom is -0.465 e. The lowest BCUT2D eigenvalue weighted by Gasteiger charge is -2.30. The van der Waals surface area contributed by atoms with Gasteiger partial charge in [0.25, 0.3) is 11.8 Å². The van der Waals surface area contributed by atoms with Crippen LogP contribution in [0.25, 0.3) is 62.4 Å². The molecular weight excluding hydrogens is 1440 g/mol. The molecule has 23 heteroatoms. The van der Waals surface area contributed by atoms with E-state index in [4.69, 9.17) is 42.9 Å². The van der Waals surface area contributed by atoms with Crippen LogP contribution in [0.2, 0.25) is 8.67 Å². The summed E-state index contributed by atoms with van der Waals surface area (Å²) in [5.41, 5.74) is 13.6. The zero-order chi connectivity index (χ0) is 70.1. The monoisotopic (exact) mass is 1510 g/mol. The lowest BCUT2D eigenvalue weighted by molar-refractivity contribution is -0.123. The van der Waals surface area contributed by atoms with Crippen LogP contribution in [0.4, 0.5) is 15.0 Å². The third-order valence-electron chi connectivity index (χ3n) is 17.9. The summed E-state index contributed by atoms with van der Waals surface area (Å²) in [7, 11) is 1.34. The second kappa shape index (κ2) is 30.6.